The van der Waals surface area contributed by atoms with Crippen LogP contribution in [0.2, 0.25) is 0 Å². The highest BCUT2D eigenvalue weighted by molar-refractivity contribution is 6.57. The minimum atomic E-state index is -0.826. The molecule has 3 nitrogen and oxygen atoms in total. The predicted octanol–water partition coefficient (Wildman–Crippen LogP) is 5.84. The third-order valence-electron chi connectivity index (χ3n) is 7.53. The van der Waals surface area contributed by atoms with E-state index < -0.39 is 9.52 Å². The molecule has 5 heteroatoms. The molecule has 0 atom stereocenters. The van der Waals surface area contributed by atoms with Gasteiger partial charge in [0.15, 0.2) is 0 Å². The van der Waals surface area contributed by atoms with Gasteiger partial charge in [-0.1, -0.05) is 139 Å². The first-order valence-electron chi connectivity index (χ1n) is 14.2. The second-order valence-corrected chi connectivity index (χ2v) is 12.2. The summed E-state index contributed by atoms with van der Waals surface area (Å²) >= 11 is 0. The summed E-state index contributed by atoms with van der Waals surface area (Å²) in [6.07, 6.45) is 5.89. The summed E-state index contributed by atoms with van der Waals surface area (Å²) in [6, 6.07) is 51.0. The summed E-state index contributed by atoms with van der Waals surface area (Å²) in [6.45, 7) is 0. The van der Waals surface area contributed by atoms with Crippen LogP contribution in [-0.4, -0.2) is 34.0 Å². The van der Waals surface area contributed by atoms with Gasteiger partial charge in [0.2, 0.25) is 0 Å². The highest BCUT2D eigenvalue weighted by atomic mass is 28.2. The molecule has 1 heterocycles. The monoisotopic (exact) mass is 562 g/mol. The average Bonchev–Trinajstić information content (AvgIpc) is 3.62. The summed E-state index contributed by atoms with van der Waals surface area (Å²) in [5.41, 5.74) is 6.40. The Labute approximate surface area is 252 Å². The number of rotatable bonds is 8. The smallest absolute Gasteiger partial charge is 0.130 e. The third-order valence-corrected chi connectivity index (χ3v) is 10.1. The molecule has 42 heavy (non-hydrogen) atoms. The van der Waals surface area contributed by atoms with Crippen LogP contribution in [0, 0.1) is 0 Å². The lowest BCUT2D eigenvalue weighted by atomic mass is 9.92. The van der Waals surface area contributed by atoms with E-state index >= 15 is 0 Å². The molecule has 0 radical (unpaired) electrons. The van der Waals surface area contributed by atoms with Gasteiger partial charge in [0, 0.05) is 12.4 Å². The largest absolute Gasteiger partial charge is 0.497 e. The van der Waals surface area contributed by atoms with Crippen molar-refractivity contribution in [1.29, 1.82) is 0 Å². The van der Waals surface area contributed by atoms with E-state index in [2.05, 4.69) is 163 Å². The molecule has 6 rings (SSSR count). The summed E-state index contributed by atoms with van der Waals surface area (Å²) in [4.78, 5) is 4.37. The number of nitrogens with zero attached hydrogens (tertiary/aromatic N) is 2. The van der Waals surface area contributed by atoms with Crippen LogP contribution in [0.3, 0.4) is 0 Å². The summed E-state index contributed by atoms with van der Waals surface area (Å²) in [5, 5.41) is 1.13. The minimum absolute atomic E-state index is 0.242. The number of hydrogen-bond donors (Lipinski definition) is 0. The van der Waals surface area contributed by atoms with Gasteiger partial charge in [0.05, 0.1) is 28.1 Å². The molecule has 0 N–H and O–H groups in total. The fourth-order valence-corrected chi connectivity index (χ4v) is 7.76. The Morgan fingerprint density at radius 3 is 1.57 bits per heavy atom. The van der Waals surface area contributed by atoms with Gasteiger partial charge in [-0.15, -0.1) is 5.98 Å². The standard InChI is InChI=1S/C23H22N2OSi.C14H13B/c1-26-21-12-14-22(15-13-21)27-23(25-17-16-24-18-25,19-8-4-2-5-9-19)20-10-6-3-7-11-20;15-11-14(12-7-3-1-4-8-12)13-9-5-2-6-10-13/h2-18H,27H2,1H3;1-11H,15H2. The summed E-state index contributed by atoms with van der Waals surface area (Å²) in [7, 11) is 2.96. The molecule has 0 aliphatic heterocycles. The van der Waals surface area contributed by atoms with Gasteiger partial charge in [0.1, 0.15) is 13.6 Å². The zero-order chi connectivity index (χ0) is 29.0. The highest BCUT2D eigenvalue weighted by Gasteiger charge is 2.36. The number of hydrogen-bond acceptors (Lipinski definition) is 2. The van der Waals surface area contributed by atoms with Gasteiger partial charge in [0.25, 0.3) is 0 Å². The molecule has 0 aliphatic carbocycles. The molecule has 206 valence electrons. The lowest BCUT2D eigenvalue weighted by Crippen LogP contribution is -2.46. The first kappa shape index (κ1) is 28.7. The molecule has 0 aliphatic rings. The first-order valence-corrected chi connectivity index (χ1v) is 15.7. The van der Waals surface area contributed by atoms with Crippen molar-refractivity contribution in [3.8, 4) is 5.75 Å². The van der Waals surface area contributed by atoms with E-state index in [0.29, 0.717) is 0 Å². The zero-order valence-electron chi connectivity index (χ0n) is 24.2. The molecule has 0 saturated heterocycles. The molecule has 0 fully saturated rings. The van der Waals surface area contributed by atoms with Gasteiger partial charge < -0.3 is 9.30 Å². The molecule has 0 unspecified atom stereocenters. The Kier molecular flexibility index (Phi) is 9.66. The first-order chi connectivity index (χ1) is 20.7. The van der Waals surface area contributed by atoms with Gasteiger partial charge in [-0.05, 0) is 40.0 Å². The van der Waals surface area contributed by atoms with Crippen molar-refractivity contribution in [2.45, 2.75) is 5.16 Å². The number of aromatic nitrogens is 2. The summed E-state index contributed by atoms with van der Waals surface area (Å²) in [5.74, 6) is 3.05. The van der Waals surface area contributed by atoms with Crippen LogP contribution in [0.1, 0.15) is 22.3 Å². The van der Waals surface area contributed by atoms with E-state index in [1.807, 2.05) is 24.7 Å². The zero-order valence-corrected chi connectivity index (χ0v) is 25.6. The lowest BCUT2D eigenvalue weighted by Gasteiger charge is -2.37. The Balaban J connectivity index is 0.000000199. The Bertz CT molecular complexity index is 1580. The van der Waals surface area contributed by atoms with E-state index in [4.69, 9.17) is 4.74 Å². The maximum Gasteiger partial charge on any atom is 0.130 e. The number of methoxy groups -OCH3 is 1. The highest BCUT2D eigenvalue weighted by Crippen LogP contribution is 2.33. The predicted molar refractivity (Wildman–Crippen MR) is 181 cm³/mol. The average molecular weight is 563 g/mol. The topological polar surface area (TPSA) is 27.1 Å². The van der Waals surface area contributed by atoms with Crippen molar-refractivity contribution >= 4 is 28.1 Å². The number of imidazole rings is 1. The normalized spacial score (nSPS) is 11.0. The Morgan fingerprint density at radius 1 is 0.690 bits per heavy atom. The van der Waals surface area contributed by atoms with Crippen molar-refractivity contribution in [1.82, 2.24) is 9.55 Å². The van der Waals surface area contributed by atoms with E-state index in [0.717, 1.165) is 5.75 Å². The van der Waals surface area contributed by atoms with E-state index in [1.165, 1.54) is 33.0 Å². The molecule has 1 aromatic heterocycles. The van der Waals surface area contributed by atoms with E-state index in [-0.39, 0.29) is 5.16 Å². The van der Waals surface area contributed by atoms with Crippen LogP contribution in [-0.2, 0) is 5.16 Å². The SMILES string of the molecule is BC=C(c1ccccc1)c1ccccc1.COc1ccc([SiH2]C(c2ccccc2)(c2ccccc2)n2ccnc2)cc1. The van der Waals surface area contributed by atoms with Crippen LogP contribution in [0.15, 0.2) is 170 Å². The van der Waals surface area contributed by atoms with Crippen molar-refractivity contribution in [3.63, 3.8) is 0 Å². The molecule has 6 aromatic rings. The fourth-order valence-electron chi connectivity index (χ4n) is 5.45. The second kappa shape index (κ2) is 14.2. The maximum absolute atomic E-state index is 5.34. The van der Waals surface area contributed by atoms with Gasteiger partial charge in [-0.25, -0.2) is 4.98 Å². The van der Waals surface area contributed by atoms with Gasteiger partial charge in [-0.2, -0.15) is 0 Å². The fraction of sp³-hybridized carbons (Fsp3) is 0.0541. The molecule has 0 bridgehead atoms. The molecule has 0 saturated carbocycles. The van der Waals surface area contributed by atoms with Crippen LogP contribution in [0.5, 0.6) is 5.75 Å². The molecule has 5 aromatic carbocycles. The van der Waals surface area contributed by atoms with Crippen LogP contribution < -0.4 is 9.92 Å². The number of ether oxygens (including phenoxy) is 1. The van der Waals surface area contributed by atoms with Crippen LogP contribution in [0.25, 0.3) is 5.57 Å². The quantitative estimate of drug-likeness (QED) is 0.218. The molecule has 0 amide bonds. The van der Waals surface area contributed by atoms with Gasteiger partial charge in [-0.3, -0.25) is 0 Å². The number of benzene rings is 5. The van der Waals surface area contributed by atoms with Crippen molar-refractivity contribution in [2.75, 3.05) is 7.11 Å². The van der Waals surface area contributed by atoms with Crippen LogP contribution >= 0.6 is 0 Å². The second-order valence-electron chi connectivity index (χ2n) is 10.0. The maximum atomic E-state index is 5.34. The molecular weight excluding hydrogens is 527 g/mol. The van der Waals surface area contributed by atoms with Crippen molar-refractivity contribution in [3.05, 3.63) is 193 Å². The lowest BCUT2D eigenvalue weighted by molar-refractivity contribution is 0.415. The minimum Gasteiger partial charge on any atom is -0.497 e. The van der Waals surface area contributed by atoms with E-state index in [1.54, 1.807) is 7.11 Å². The third kappa shape index (κ3) is 6.54. The Hall–Kier alpha value is -4.87. The molecule has 0 spiro atoms. The molecular formula is C37H35BN2OSi. The van der Waals surface area contributed by atoms with Crippen LogP contribution in [0.4, 0.5) is 0 Å². The van der Waals surface area contributed by atoms with Gasteiger partial charge >= 0.3 is 0 Å². The van der Waals surface area contributed by atoms with Crippen molar-refractivity contribution < 1.29 is 4.74 Å². The Morgan fingerprint density at radius 2 is 1.17 bits per heavy atom. The van der Waals surface area contributed by atoms with Crippen molar-refractivity contribution in [2.24, 2.45) is 0 Å². The van der Waals surface area contributed by atoms with E-state index in [9.17, 15) is 0 Å². The summed E-state index contributed by atoms with van der Waals surface area (Å²) < 4.78 is 7.61.